The van der Waals surface area contributed by atoms with Crippen molar-refractivity contribution in [3.63, 3.8) is 0 Å². The number of rotatable bonds is 6. The Bertz CT molecular complexity index is 1750. The van der Waals surface area contributed by atoms with Gasteiger partial charge in [-0.2, -0.15) is 0 Å². The number of nitrogens with zero attached hydrogens (tertiary/aromatic N) is 3. The second-order valence-electron chi connectivity index (χ2n) is 9.72. The number of amides is 3. The fraction of sp³-hybridized carbons (Fsp3) is 0.125. The predicted octanol–water partition coefficient (Wildman–Crippen LogP) is 6.39. The van der Waals surface area contributed by atoms with Crippen LogP contribution in [-0.4, -0.2) is 33.6 Å². The number of thiazole rings is 1. The number of benzene rings is 4. The molecule has 1 saturated heterocycles. The maximum atomic E-state index is 14.6. The van der Waals surface area contributed by atoms with Crippen molar-refractivity contribution in [2.24, 2.45) is 0 Å². The van der Waals surface area contributed by atoms with Crippen LogP contribution in [0.5, 0.6) is 0 Å². The van der Waals surface area contributed by atoms with Gasteiger partial charge in [-0.05, 0) is 66.6 Å². The molecule has 0 aliphatic carbocycles. The van der Waals surface area contributed by atoms with Gasteiger partial charge >= 0.3 is 0 Å². The Morgan fingerprint density at radius 2 is 1.70 bits per heavy atom. The molecule has 0 N–H and O–H groups in total. The number of carbonyl (C=O) groups excluding carboxylic acids is 3. The number of aromatic nitrogens is 1. The topological polar surface area (TPSA) is 70.6 Å². The van der Waals surface area contributed by atoms with E-state index >= 15 is 0 Å². The molecule has 6 rings (SSSR count). The van der Waals surface area contributed by atoms with Crippen LogP contribution in [0.15, 0.2) is 97.1 Å². The number of hydrogen-bond acceptors (Lipinski definition) is 5. The van der Waals surface area contributed by atoms with Crippen LogP contribution in [0.2, 0.25) is 0 Å². The highest BCUT2D eigenvalue weighted by Gasteiger charge is 2.44. The van der Waals surface area contributed by atoms with Crippen molar-refractivity contribution in [1.82, 2.24) is 9.88 Å². The summed E-state index contributed by atoms with van der Waals surface area (Å²) in [5.74, 6) is -2.26. The van der Waals surface area contributed by atoms with Gasteiger partial charge in [0.25, 0.3) is 11.8 Å². The number of aryl methyl sites for hydroxylation is 1. The Balaban J connectivity index is 1.29. The normalized spacial score (nSPS) is 15.2. The molecule has 8 heteroatoms. The first kappa shape index (κ1) is 25.6. The molecular formula is C32H24FN3O3S. The SMILES string of the molecule is Cc1ccc2nc(-c3ccc(N4C(=O)CC(N(Cc5ccccc5)C(=O)c5ccccc5F)C4=O)cc3)sc2c1. The number of carbonyl (C=O) groups is 3. The minimum atomic E-state index is -1.06. The van der Waals surface area contributed by atoms with Gasteiger partial charge in [-0.15, -0.1) is 11.3 Å². The summed E-state index contributed by atoms with van der Waals surface area (Å²) in [6, 6.07) is 26.9. The third kappa shape index (κ3) is 4.78. The van der Waals surface area contributed by atoms with Gasteiger partial charge in [-0.1, -0.05) is 48.5 Å². The van der Waals surface area contributed by atoms with E-state index in [-0.39, 0.29) is 18.5 Å². The van der Waals surface area contributed by atoms with Gasteiger partial charge in [0.2, 0.25) is 5.91 Å². The van der Waals surface area contributed by atoms with Gasteiger partial charge < -0.3 is 4.90 Å². The third-order valence-electron chi connectivity index (χ3n) is 6.98. The zero-order chi connectivity index (χ0) is 27.8. The van der Waals surface area contributed by atoms with Crippen LogP contribution in [0.25, 0.3) is 20.8 Å². The summed E-state index contributed by atoms with van der Waals surface area (Å²) < 4.78 is 15.7. The van der Waals surface area contributed by atoms with Crippen molar-refractivity contribution < 1.29 is 18.8 Å². The molecule has 40 heavy (non-hydrogen) atoms. The van der Waals surface area contributed by atoms with Gasteiger partial charge in [0.1, 0.15) is 16.9 Å². The van der Waals surface area contributed by atoms with Crippen molar-refractivity contribution in [3.8, 4) is 10.6 Å². The summed E-state index contributed by atoms with van der Waals surface area (Å²) in [5, 5.41) is 0.841. The van der Waals surface area contributed by atoms with E-state index in [4.69, 9.17) is 4.98 Å². The van der Waals surface area contributed by atoms with E-state index in [9.17, 15) is 18.8 Å². The monoisotopic (exact) mass is 549 g/mol. The zero-order valence-corrected chi connectivity index (χ0v) is 22.4. The van der Waals surface area contributed by atoms with Crippen LogP contribution >= 0.6 is 11.3 Å². The average Bonchev–Trinajstić information content (AvgIpc) is 3.51. The summed E-state index contributed by atoms with van der Waals surface area (Å²) in [6.45, 7) is 2.09. The van der Waals surface area contributed by atoms with Crippen molar-refractivity contribution >= 4 is 45.0 Å². The smallest absolute Gasteiger partial charge is 0.257 e. The molecule has 1 unspecified atom stereocenters. The molecule has 3 amide bonds. The first-order valence-electron chi connectivity index (χ1n) is 12.8. The lowest BCUT2D eigenvalue weighted by molar-refractivity contribution is -0.122. The number of fused-ring (bicyclic) bond motifs is 1. The van der Waals surface area contributed by atoms with E-state index < -0.39 is 29.6 Å². The molecule has 1 aliphatic heterocycles. The molecule has 5 aromatic rings. The Kier molecular flexibility index (Phi) is 6.69. The Morgan fingerprint density at radius 1 is 0.975 bits per heavy atom. The molecule has 0 saturated carbocycles. The van der Waals surface area contributed by atoms with Crippen molar-refractivity contribution in [3.05, 3.63) is 120 Å². The minimum Gasteiger partial charge on any atom is -0.322 e. The van der Waals surface area contributed by atoms with E-state index in [2.05, 4.69) is 6.07 Å². The second-order valence-corrected chi connectivity index (χ2v) is 10.8. The van der Waals surface area contributed by atoms with Crippen molar-refractivity contribution in [2.75, 3.05) is 4.90 Å². The predicted molar refractivity (Wildman–Crippen MR) is 153 cm³/mol. The van der Waals surface area contributed by atoms with Crippen LogP contribution < -0.4 is 4.90 Å². The van der Waals surface area contributed by atoms with E-state index in [1.807, 2.05) is 61.5 Å². The van der Waals surface area contributed by atoms with Crippen molar-refractivity contribution in [1.29, 1.82) is 0 Å². The summed E-state index contributed by atoms with van der Waals surface area (Å²) in [6.07, 6.45) is -0.190. The number of hydrogen-bond donors (Lipinski definition) is 0. The quantitative estimate of drug-likeness (QED) is 0.230. The van der Waals surface area contributed by atoms with Gasteiger partial charge in [0.15, 0.2) is 0 Å². The van der Waals surface area contributed by atoms with Crippen LogP contribution in [0.3, 0.4) is 0 Å². The largest absolute Gasteiger partial charge is 0.322 e. The third-order valence-corrected chi connectivity index (χ3v) is 8.04. The summed E-state index contributed by atoms with van der Waals surface area (Å²) in [4.78, 5) is 47.5. The summed E-state index contributed by atoms with van der Waals surface area (Å²) >= 11 is 1.58. The lowest BCUT2D eigenvalue weighted by Gasteiger charge is -2.28. The molecular weight excluding hydrogens is 525 g/mol. The van der Waals surface area contributed by atoms with E-state index in [1.54, 1.807) is 29.5 Å². The number of halogens is 1. The molecule has 0 bridgehead atoms. The maximum Gasteiger partial charge on any atom is 0.257 e. The van der Waals surface area contributed by atoms with E-state index in [1.165, 1.54) is 23.1 Å². The number of anilines is 1. The molecule has 198 valence electrons. The maximum absolute atomic E-state index is 14.6. The summed E-state index contributed by atoms with van der Waals surface area (Å²) in [7, 11) is 0. The average molecular weight is 550 g/mol. The minimum absolute atomic E-state index is 0.0571. The van der Waals surface area contributed by atoms with Crippen LogP contribution in [0, 0.1) is 12.7 Å². The molecule has 1 aliphatic rings. The van der Waals surface area contributed by atoms with Gasteiger partial charge in [0, 0.05) is 12.1 Å². The fourth-order valence-electron chi connectivity index (χ4n) is 4.93. The van der Waals surface area contributed by atoms with Crippen LogP contribution in [0.1, 0.15) is 27.9 Å². The second kappa shape index (κ2) is 10.5. The first-order chi connectivity index (χ1) is 19.4. The lowest BCUT2D eigenvalue weighted by Crippen LogP contribution is -2.45. The number of imide groups is 1. The van der Waals surface area contributed by atoms with E-state index in [0.29, 0.717) is 5.69 Å². The van der Waals surface area contributed by atoms with Crippen molar-refractivity contribution in [2.45, 2.75) is 25.9 Å². The summed E-state index contributed by atoms with van der Waals surface area (Å²) in [5.41, 5.74) is 3.98. The Labute approximate surface area is 234 Å². The Hall–Kier alpha value is -4.69. The highest BCUT2D eigenvalue weighted by atomic mass is 32.1. The molecule has 1 fully saturated rings. The fourth-order valence-corrected chi connectivity index (χ4v) is 6.00. The lowest BCUT2D eigenvalue weighted by atomic mass is 10.1. The van der Waals surface area contributed by atoms with Crippen LogP contribution in [0.4, 0.5) is 10.1 Å². The molecule has 2 heterocycles. The highest BCUT2D eigenvalue weighted by Crippen LogP contribution is 2.33. The first-order valence-corrected chi connectivity index (χ1v) is 13.6. The zero-order valence-electron chi connectivity index (χ0n) is 21.6. The van der Waals surface area contributed by atoms with Gasteiger partial charge in [-0.3, -0.25) is 14.4 Å². The molecule has 1 aromatic heterocycles. The molecule has 0 spiro atoms. The molecule has 0 radical (unpaired) electrons. The highest BCUT2D eigenvalue weighted by molar-refractivity contribution is 7.21. The Morgan fingerprint density at radius 3 is 2.45 bits per heavy atom. The molecule has 4 aromatic carbocycles. The molecule has 1 atom stereocenters. The van der Waals surface area contributed by atoms with Gasteiger partial charge in [0.05, 0.1) is 27.9 Å². The standard InChI is InChI=1S/C32H24FN3O3S/c1-20-11-16-26-28(17-20)40-30(34-26)22-12-14-23(15-13-22)36-29(37)18-27(32(36)39)35(19-21-7-3-2-4-8-21)31(38)24-9-5-6-10-25(24)33/h2-17,27H,18-19H2,1H3. The van der Waals surface area contributed by atoms with E-state index in [0.717, 1.165) is 36.8 Å². The van der Waals surface area contributed by atoms with Gasteiger partial charge in [-0.25, -0.2) is 14.3 Å². The molecule has 6 nitrogen and oxygen atoms in total. The van der Waals surface area contributed by atoms with Crippen LogP contribution in [-0.2, 0) is 16.1 Å².